The predicted molar refractivity (Wildman–Crippen MR) is 299 cm³/mol. The summed E-state index contributed by atoms with van der Waals surface area (Å²) in [7, 11) is 18.7. The molecule has 18 heteroatoms. The van der Waals surface area contributed by atoms with Gasteiger partial charge in [0, 0.05) is 53.6 Å². The van der Waals surface area contributed by atoms with Crippen LogP contribution in [0.3, 0.4) is 0 Å². The largest absolute Gasteiger partial charge is 0.604 e. The fraction of sp³-hybridized carbons (Fsp3) is 0.424. The Morgan fingerprint density at radius 1 is 0.558 bits per heavy atom. The number of nitrogens with zero attached hydrogens (tertiary/aromatic N) is 1. The van der Waals surface area contributed by atoms with Crippen LogP contribution in [-0.4, -0.2) is 97.0 Å². The van der Waals surface area contributed by atoms with Gasteiger partial charge in [0.25, 0.3) is 0 Å². The highest BCUT2D eigenvalue weighted by Gasteiger charge is 2.34. The zero-order valence-electron chi connectivity index (χ0n) is 47.5. The normalized spacial score (nSPS) is 12.4. The van der Waals surface area contributed by atoms with E-state index in [-0.39, 0.29) is 25.2 Å². The summed E-state index contributed by atoms with van der Waals surface area (Å²) in [6, 6.07) is 17.2. The summed E-state index contributed by atoms with van der Waals surface area (Å²) in [5, 5.41) is 17.2. The SMILES string of the molecule is [B]C(=O)CC(C)(C)c1c(C)c(C)c(C)c(C)c1OC(=O)OC.[B]C(=O)CC(C)(C)c1c(C)cc2ccccc2c1OC(=O)C(C)N=C([O-])OC.[B]C(=O)CC(C)(C)c1c(C)cc2ccccc2c1OC(=O)C(C)NC(C)=O. The fourth-order valence-corrected chi connectivity index (χ4v) is 9.71. The first-order valence-corrected chi connectivity index (χ1v) is 24.9. The third-order valence-corrected chi connectivity index (χ3v) is 13.3. The van der Waals surface area contributed by atoms with Crippen molar-refractivity contribution in [3.8, 4) is 17.2 Å². The van der Waals surface area contributed by atoms with Crippen molar-refractivity contribution in [2.75, 3.05) is 14.2 Å². The van der Waals surface area contributed by atoms with E-state index < -0.39 is 69.6 Å². The second kappa shape index (κ2) is 26.7. The van der Waals surface area contributed by atoms with Crippen molar-refractivity contribution in [2.24, 2.45) is 4.99 Å². The number of nitrogens with one attached hydrogen (secondary N) is 1. The van der Waals surface area contributed by atoms with Gasteiger partial charge < -0.3 is 48.5 Å². The highest BCUT2D eigenvalue weighted by Crippen LogP contribution is 2.45. The molecule has 5 aromatic rings. The monoisotopic (exact) mass is 1050 g/mol. The maximum Gasteiger partial charge on any atom is 0.513 e. The predicted octanol–water partition coefficient (Wildman–Crippen LogP) is 8.54. The van der Waals surface area contributed by atoms with E-state index in [4.69, 9.17) is 37.7 Å². The van der Waals surface area contributed by atoms with E-state index in [0.717, 1.165) is 66.1 Å². The van der Waals surface area contributed by atoms with Gasteiger partial charge in [0.15, 0.2) is 23.5 Å². The van der Waals surface area contributed by atoms with Crippen LogP contribution in [0.15, 0.2) is 65.7 Å². The minimum Gasteiger partial charge on any atom is -0.604 e. The summed E-state index contributed by atoms with van der Waals surface area (Å²) in [5.74, 6) is -0.381. The molecule has 0 spiro atoms. The first-order valence-electron chi connectivity index (χ1n) is 24.9. The molecule has 0 aliphatic rings. The number of methoxy groups -OCH3 is 2. The van der Waals surface area contributed by atoms with Crippen LogP contribution in [0.1, 0.15) is 132 Å². The van der Waals surface area contributed by atoms with Gasteiger partial charge in [0.2, 0.25) is 5.91 Å². The zero-order chi connectivity index (χ0) is 58.7. The van der Waals surface area contributed by atoms with Crippen LogP contribution >= 0.6 is 0 Å². The minimum atomic E-state index is -1.04. The molecular weight excluding hydrogens is 977 g/mol. The van der Waals surface area contributed by atoms with Gasteiger partial charge in [-0.25, -0.2) is 14.4 Å². The molecule has 0 aromatic heterocycles. The summed E-state index contributed by atoms with van der Waals surface area (Å²) in [6.07, 6.45) is -1.28. The number of benzene rings is 5. The fourth-order valence-electron chi connectivity index (χ4n) is 9.71. The third-order valence-electron chi connectivity index (χ3n) is 13.3. The van der Waals surface area contributed by atoms with Gasteiger partial charge in [-0.15, -0.1) is 0 Å². The number of carbonyl (C=O) groups excluding carboxylic acids is 7. The van der Waals surface area contributed by atoms with E-state index in [2.05, 4.69) is 19.8 Å². The van der Waals surface area contributed by atoms with Crippen LogP contribution in [0.2, 0.25) is 0 Å². The number of aliphatic imine (C=N–C) groups is 1. The van der Waals surface area contributed by atoms with Gasteiger partial charge in [-0.1, -0.05) is 102 Å². The van der Waals surface area contributed by atoms with E-state index in [1.165, 1.54) is 28.1 Å². The summed E-state index contributed by atoms with van der Waals surface area (Å²) in [6.45, 7) is 27.4. The molecule has 77 heavy (non-hydrogen) atoms. The number of rotatable bonds is 16. The van der Waals surface area contributed by atoms with E-state index >= 15 is 0 Å². The molecule has 6 radical (unpaired) electrons. The van der Waals surface area contributed by atoms with Crippen LogP contribution in [0.4, 0.5) is 4.79 Å². The highest BCUT2D eigenvalue weighted by atomic mass is 16.7. The number of hydrogen-bond donors (Lipinski definition) is 1. The lowest BCUT2D eigenvalue weighted by molar-refractivity contribution is -0.248. The molecule has 2 atom stereocenters. The number of ether oxygens (including phenoxy) is 5. The molecule has 0 aliphatic heterocycles. The van der Waals surface area contributed by atoms with Crippen molar-refractivity contribution in [3.63, 3.8) is 0 Å². The van der Waals surface area contributed by atoms with Gasteiger partial charge in [-0.3, -0.25) is 9.79 Å². The molecule has 5 aromatic carbocycles. The zero-order valence-corrected chi connectivity index (χ0v) is 47.5. The van der Waals surface area contributed by atoms with Crippen LogP contribution in [0, 0.1) is 41.5 Å². The lowest BCUT2D eigenvalue weighted by atomic mass is 9.72. The molecule has 1 amide bonds. The van der Waals surface area contributed by atoms with Crippen molar-refractivity contribution in [3.05, 3.63) is 111 Å². The number of aryl methyl sites for hydroxylation is 2. The molecule has 0 fully saturated rings. The molecule has 0 bridgehead atoms. The number of fused-ring (bicyclic) bond motifs is 2. The highest BCUT2D eigenvalue weighted by molar-refractivity contribution is 6.58. The molecule has 1 N–H and O–H groups in total. The van der Waals surface area contributed by atoms with Crippen molar-refractivity contribution < 1.29 is 62.4 Å². The first-order chi connectivity index (χ1) is 35.6. The molecular formula is C59H70B3N2O13-. The smallest absolute Gasteiger partial charge is 0.513 e. The number of carbonyl (C=O) groups is 7. The maximum atomic E-state index is 12.6. The molecule has 2 unspecified atom stereocenters. The average molecular weight is 1050 g/mol. The molecule has 5 rings (SSSR count). The lowest BCUT2D eigenvalue weighted by Crippen LogP contribution is -2.40. The summed E-state index contributed by atoms with van der Waals surface area (Å²) in [4.78, 5) is 86.3. The Kier molecular flexibility index (Phi) is 22.2. The standard InChI is InChI=1S/C21H24BNO5.C21H24BNO4.C17H23BO4/c1-12-10-14-8-6-7-9-15(14)18(17(12)21(3,4)11-16(22)24)28-19(25)13(2)23-20(26)27-5;1-12-10-15-8-6-7-9-16(15)19(18(12)21(4,5)11-17(22)25)27-20(26)13(2)23-14(3)24;1-9-10(2)12(4)15(22-16(20)21-7)14(11(9)3)17(5,6)8-13(18)19/h6-10,13H,11H2,1-5H3,(H,23,26);6-10,13H,11H2,1-5H3,(H,23,24);8H2,1-7H3/p-1. The van der Waals surface area contributed by atoms with Gasteiger partial charge in [0.05, 0.1) is 24.2 Å². The second-order valence-corrected chi connectivity index (χ2v) is 21.1. The van der Waals surface area contributed by atoms with Crippen molar-refractivity contribution in [1.29, 1.82) is 0 Å². The minimum absolute atomic E-state index is 0.0822. The number of amides is 1. The van der Waals surface area contributed by atoms with Crippen LogP contribution in [0.25, 0.3) is 21.5 Å². The van der Waals surface area contributed by atoms with Gasteiger partial charge in [-0.05, 0) is 123 Å². The van der Waals surface area contributed by atoms with Crippen molar-refractivity contribution in [1.82, 2.24) is 5.32 Å². The summed E-state index contributed by atoms with van der Waals surface area (Å²) < 4.78 is 26.0. The molecule has 0 aliphatic carbocycles. The number of esters is 2. The van der Waals surface area contributed by atoms with E-state index in [9.17, 15) is 38.7 Å². The quantitative estimate of drug-likeness (QED) is 0.0245. The molecule has 0 heterocycles. The van der Waals surface area contributed by atoms with Gasteiger partial charge in [-0.2, -0.15) is 0 Å². The van der Waals surface area contributed by atoms with Crippen molar-refractivity contribution >= 4 is 92.2 Å². The van der Waals surface area contributed by atoms with Crippen LogP contribution in [0.5, 0.6) is 17.2 Å². The molecule has 0 saturated carbocycles. The Bertz CT molecular complexity index is 3110. The first kappa shape index (κ1) is 64.1. The van der Waals surface area contributed by atoms with Crippen LogP contribution in [-0.2, 0) is 54.5 Å². The Morgan fingerprint density at radius 3 is 1.34 bits per heavy atom. The Morgan fingerprint density at radius 2 is 0.948 bits per heavy atom. The summed E-state index contributed by atoms with van der Waals surface area (Å²) >= 11 is 0. The second-order valence-electron chi connectivity index (χ2n) is 21.1. The summed E-state index contributed by atoms with van der Waals surface area (Å²) in [5.41, 5.74) is 4.92. The van der Waals surface area contributed by atoms with E-state index in [0.29, 0.717) is 22.8 Å². The van der Waals surface area contributed by atoms with Gasteiger partial charge in [0.1, 0.15) is 35.4 Å². The average Bonchev–Trinajstić information content (AvgIpc) is 3.30. The topological polar surface area (TPSA) is 213 Å². The Labute approximate surface area is 456 Å². The Hall–Kier alpha value is -7.23. The van der Waals surface area contributed by atoms with E-state index in [1.807, 2.05) is 144 Å². The van der Waals surface area contributed by atoms with Crippen LogP contribution < -0.4 is 24.6 Å². The van der Waals surface area contributed by atoms with E-state index in [1.54, 1.807) is 6.92 Å². The molecule has 0 saturated heterocycles. The lowest BCUT2D eigenvalue weighted by Gasteiger charge is -2.31. The molecule has 404 valence electrons. The van der Waals surface area contributed by atoms with Gasteiger partial charge >= 0.3 is 18.1 Å². The third kappa shape index (κ3) is 16.6. The Balaban J connectivity index is 0.000000306. The molecule has 15 nitrogen and oxygen atoms in total. The number of hydrogen-bond acceptors (Lipinski definition) is 14. The maximum absolute atomic E-state index is 12.6. The van der Waals surface area contributed by atoms with Crippen molar-refractivity contribution in [2.45, 2.75) is 151 Å².